The van der Waals surface area contributed by atoms with Gasteiger partial charge in [0.25, 0.3) is 0 Å². The van der Waals surface area contributed by atoms with Crippen molar-refractivity contribution in [2.24, 2.45) is 29.6 Å². The molecule has 84 heavy (non-hydrogen) atoms. The molecule has 2 N–H and O–H groups in total. The van der Waals surface area contributed by atoms with Crippen LogP contribution in [0, 0.1) is 41.2 Å². The molecule has 3 aromatic rings. The van der Waals surface area contributed by atoms with E-state index in [4.69, 9.17) is 18.9 Å². The van der Waals surface area contributed by atoms with E-state index in [1.54, 1.807) is 41.1 Å². The Labute approximate surface area is 499 Å². The number of carbonyl (C=O) groups is 2. The standard InChI is InChI=1S/C29H38FN3O6.C20H27FN2.C20H28N2.H2/c30-19-1-4-26-25(13-19)29(18-32(26)27(34)38-23-5-11-36-16-23)7-9-31(10-8-29)22-14-20-2-3-21(15-22)33(20)28(35)39-24-6-12-37-17-24;21-16-4-5-18-17(12-16)20(13-22-18)7-9-23(10-8-20)19-6-2-14-1-3-15(19)11-14;1-2-4-19-18(3-1)20(14-21-19)7-9-22(10-8-20)13-17-12-15-5-6-16(17)11-15;/h1,4,13,20-24H,2-3,5-12,14-18H2;4-5,12,14-15,19,22H,1-3,6-11,13H2;1-4,15-17,21H,5-14H2;1H/t20?,21?,22?,23-,24-;;;/m1.../s1. The lowest BCUT2D eigenvalue weighted by Gasteiger charge is -2.47. The summed E-state index contributed by atoms with van der Waals surface area (Å²) in [5.41, 5.74) is 7.42. The molecule has 11 fully saturated rings. The van der Waals surface area contributed by atoms with Gasteiger partial charge in [-0.2, -0.15) is 0 Å². The fourth-order valence-electron chi connectivity index (χ4n) is 20.0. The van der Waals surface area contributed by atoms with Crippen molar-refractivity contribution in [1.82, 2.24) is 19.6 Å². The number of carbonyl (C=O) groups excluding carboxylic acids is 2. The van der Waals surface area contributed by atoms with Gasteiger partial charge in [0.2, 0.25) is 0 Å². The maximum Gasteiger partial charge on any atom is 0.414 e. The van der Waals surface area contributed by atoms with Gasteiger partial charge in [0.1, 0.15) is 23.8 Å². The number of hydrogen-bond acceptors (Lipinski definition) is 11. The predicted octanol–water partition coefficient (Wildman–Crippen LogP) is 12.1. The number of anilines is 3. The molecule has 17 rings (SSSR count). The highest BCUT2D eigenvalue weighted by Gasteiger charge is 2.52. The lowest BCUT2D eigenvalue weighted by molar-refractivity contribution is 0.00963. The minimum absolute atomic E-state index is 0. The molecule has 10 atom stereocenters. The van der Waals surface area contributed by atoms with E-state index in [2.05, 4.69) is 49.6 Å². The molecule has 6 bridgehead atoms. The minimum Gasteiger partial charge on any atom is -0.444 e. The molecule has 2 amide bonds. The second-order valence-corrected chi connectivity index (χ2v) is 29.1. The maximum atomic E-state index is 14.4. The van der Waals surface area contributed by atoms with Gasteiger partial charge in [-0.05, 0) is 237 Å². The number of halogens is 2. The smallest absolute Gasteiger partial charge is 0.414 e. The number of rotatable bonds is 6. The fraction of sp³-hybridized carbons (Fsp3) is 0.710. The van der Waals surface area contributed by atoms with Crippen LogP contribution in [0.5, 0.6) is 0 Å². The molecular weight excluding hydrogens is 1060 g/mol. The maximum absolute atomic E-state index is 14.4. The highest BCUT2D eigenvalue weighted by atomic mass is 19.1. The zero-order valence-electron chi connectivity index (χ0n) is 49.8. The Balaban J connectivity index is 0.000000119. The lowest BCUT2D eigenvalue weighted by atomic mass is 9.73. The number of nitrogens with one attached hydrogen (secondary N) is 2. The van der Waals surface area contributed by atoms with Crippen LogP contribution >= 0.6 is 0 Å². The Morgan fingerprint density at radius 3 is 1.85 bits per heavy atom. The van der Waals surface area contributed by atoms with E-state index in [-0.39, 0.29) is 60.4 Å². The van der Waals surface area contributed by atoms with E-state index in [0.717, 1.165) is 124 Å². The van der Waals surface area contributed by atoms with Crippen molar-refractivity contribution < 1.29 is 38.7 Å². The van der Waals surface area contributed by atoms with E-state index >= 15 is 0 Å². The third-order valence-electron chi connectivity index (χ3n) is 24.7. The number of piperidine rings is 4. The number of nitrogens with zero attached hydrogens (tertiary/aromatic N) is 5. The van der Waals surface area contributed by atoms with Crippen molar-refractivity contribution in [1.29, 1.82) is 0 Å². The zero-order chi connectivity index (χ0) is 56.6. The van der Waals surface area contributed by atoms with E-state index in [1.165, 1.54) is 127 Å². The first-order valence-corrected chi connectivity index (χ1v) is 33.6. The van der Waals surface area contributed by atoms with Crippen molar-refractivity contribution in [2.75, 3.05) is 107 Å². The van der Waals surface area contributed by atoms with Crippen molar-refractivity contribution >= 4 is 29.2 Å². The Morgan fingerprint density at radius 2 is 1.15 bits per heavy atom. The first-order valence-electron chi connectivity index (χ1n) is 33.6. The Hall–Kier alpha value is -4.54. The molecule has 456 valence electrons. The summed E-state index contributed by atoms with van der Waals surface area (Å²) < 4.78 is 50.4. The van der Waals surface area contributed by atoms with Crippen LogP contribution in [-0.4, -0.2) is 160 Å². The summed E-state index contributed by atoms with van der Waals surface area (Å²) in [6, 6.07) is 20.8. The second kappa shape index (κ2) is 23.2. The molecule has 13 nitrogen and oxygen atoms in total. The van der Waals surface area contributed by atoms with Crippen LogP contribution in [0.25, 0.3) is 0 Å². The quantitative estimate of drug-likeness (QED) is 0.246. The van der Waals surface area contributed by atoms with Gasteiger partial charge < -0.3 is 49.2 Å². The summed E-state index contributed by atoms with van der Waals surface area (Å²) in [4.78, 5) is 38.0. The van der Waals surface area contributed by atoms with E-state index in [1.807, 2.05) is 11.0 Å². The molecule has 4 aliphatic carbocycles. The molecule has 10 heterocycles. The van der Waals surface area contributed by atoms with Gasteiger partial charge in [0, 0.05) is 92.2 Å². The second-order valence-electron chi connectivity index (χ2n) is 29.1. The Kier molecular flexibility index (Phi) is 15.5. The molecule has 14 aliphatic rings. The molecule has 15 heteroatoms. The summed E-state index contributed by atoms with van der Waals surface area (Å²) in [5, 5.41) is 7.18. The van der Waals surface area contributed by atoms with E-state index < -0.39 is 0 Å². The van der Waals surface area contributed by atoms with Gasteiger partial charge in [-0.25, -0.2) is 18.4 Å². The Morgan fingerprint density at radius 1 is 0.560 bits per heavy atom. The largest absolute Gasteiger partial charge is 0.444 e. The lowest BCUT2D eigenvalue weighted by Crippen LogP contribution is -2.56. The topological polar surface area (TPSA) is 111 Å². The third-order valence-corrected chi connectivity index (χ3v) is 24.7. The van der Waals surface area contributed by atoms with Crippen molar-refractivity contribution in [3.05, 3.63) is 89.0 Å². The number of para-hydroxylation sites is 1. The Bertz CT molecular complexity index is 2850. The molecule has 0 aromatic heterocycles. The average Bonchev–Trinajstić information content (AvgIpc) is 4.34. The van der Waals surface area contributed by atoms with Crippen LogP contribution in [0.3, 0.4) is 0 Å². The van der Waals surface area contributed by atoms with Crippen molar-refractivity contribution in [2.45, 2.75) is 187 Å². The fourth-order valence-corrected chi connectivity index (χ4v) is 20.0. The van der Waals surface area contributed by atoms with Crippen LogP contribution in [0.15, 0.2) is 60.7 Å². The first kappa shape index (κ1) is 56.0. The average molecular weight is 1160 g/mol. The van der Waals surface area contributed by atoms with Crippen LogP contribution in [-0.2, 0) is 35.2 Å². The third kappa shape index (κ3) is 10.7. The van der Waals surface area contributed by atoms with Gasteiger partial charge in [0.05, 0.1) is 32.1 Å². The predicted molar refractivity (Wildman–Crippen MR) is 324 cm³/mol. The highest BCUT2D eigenvalue weighted by Crippen LogP contribution is 2.53. The summed E-state index contributed by atoms with van der Waals surface area (Å²) in [5.74, 6) is 4.86. The highest BCUT2D eigenvalue weighted by molar-refractivity contribution is 5.91. The number of benzene rings is 3. The number of ether oxygens (including phenoxy) is 4. The number of hydrogen-bond donors (Lipinski definition) is 2. The molecule has 7 saturated heterocycles. The first-order chi connectivity index (χ1) is 41.0. The SMILES string of the molecule is Fc1ccc2c(c1)C1(CCN(C3CCC4CCC3C4)CC1)CN2.O=C(O[C@@H]1CCOC1)N1CC2(CCN(C3CC4CCC(C3)N4C(=O)O[C@@H]3CCOC3)CC2)c2cc(F)ccc21.[HH].c1ccc2c(c1)NCC21CCN(CC2CC3CCC2C3)CC1. The van der Waals surface area contributed by atoms with Crippen molar-refractivity contribution in [3.8, 4) is 0 Å². The summed E-state index contributed by atoms with van der Waals surface area (Å²) in [6.07, 6.45) is 24.9. The van der Waals surface area contributed by atoms with E-state index in [0.29, 0.717) is 50.8 Å². The van der Waals surface area contributed by atoms with Crippen LogP contribution in [0.1, 0.15) is 153 Å². The van der Waals surface area contributed by atoms with Gasteiger partial charge in [0.15, 0.2) is 0 Å². The molecular formula is C69H95F2N7O6. The monoisotopic (exact) mass is 1160 g/mol. The number of fused-ring (bicyclic) bond motifs is 12. The molecule has 10 aliphatic heterocycles. The van der Waals surface area contributed by atoms with Gasteiger partial charge in [-0.1, -0.05) is 31.0 Å². The van der Waals surface area contributed by atoms with E-state index in [9.17, 15) is 18.4 Å². The van der Waals surface area contributed by atoms with Gasteiger partial charge >= 0.3 is 12.2 Å². The van der Waals surface area contributed by atoms with Crippen LogP contribution in [0.2, 0.25) is 0 Å². The van der Waals surface area contributed by atoms with Gasteiger partial charge in [-0.15, -0.1) is 0 Å². The van der Waals surface area contributed by atoms with Crippen LogP contribution in [0.4, 0.5) is 35.4 Å². The number of amides is 2. The summed E-state index contributed by atoms with van der Waals surface area (Å²) >= 11 is 0. The molecule has 3 aromatic carbocycles. The minimum atomic E-state index is -0.363. The molecule has 8 unspecified atom stereocenters. The molecule has 0 radical (unpaired) electrons. The zero-order valence-corrected chi connectivity index (χ0v) is 49.8. The molecule has 4 saturated carbocycles. The van der Waals surface area contributed by atoms with Crippen LogP contribution < -0.4 is 15.5 Å². The van der Waals surface area contributed by atoms with Gasteiger partial charge in [-0.3, -0.25) is 4.90 Å². The normalized spacial score (nSPS) is 34.6. The summed E-state index contributed by atoms with van der Waals surface area (Å²) in [7, 11) is 0. The summed E-state index contributed by atoms with van der Waals surface area (Å²) in [6.45, 7) is 13.1. The number of likely N-dealkylation sites (tertiary alicyclic amines) is 3. The molecule has 3 spiro atoms. The van der Waals surface area contributed by atoms with Crippen molar-refractivity contribution in [3.63, 3.8) is 0 Å².